The molecule has 0 saturated carbocycles. The summed E-state index contributed by atoms with van der Waals surface area (Å²) in [6.45, 7) is 8.86. The molecular weight excluding hydrogens is 240 g/mol. The zero-order valence-corrected chi connectivity index (χ0v) is 11.2. The summed E-state index contributed by atoms with van der Waals surface area (Å²) in [5.74, 6) is 0.177. The number of carbonyl (C=O) groups is 1. The van der Waals surface area contributed by atoms with Crippen LogP contribution in [0.4, 0.5) is 0 Å². The van der Waals surface area contributed by atoms with Gasteiger partial charge in [-0.1, -0.05) is 20.4 Å². The van der Waals surface area contributed by atoms with Crippen molar-refractivity contribution in [1.82, 2.24) is 10.2 Å². The van der Waals surface area contributed by atoms with Gasteiger partial charge < -0.3 is 5.32 Å². The van der Waals surface area contributed by atoms with Crippen molar-refractivity contribution in [3.63, 3.8) is 0 Å². The summed E-state index contributed by atoms with van der Waals surface area (Å²) >= 11 is 0. The first-order valence-corrected chi connectivity index (χ1v) is 7.46. The Morgan fingerprint density at radius 3 is 2.76 bits per heavy atom. The Morgan fingerprint density at radius 1 is 1.59 bits per heavy atom. The Bertz CT molecular complexity index is 390. The Hall–Kier alpha value is -0.880. The van der Waals surface area contributed by atoms with E-state index in [-0.39, 0.29) is 23.6 Å². The fourth-order valence-electron chi connectivity index (χ4n) is 2.04. The van der Waals surface area contributed by atoms with E-state index >= 15 is 0 Å². The van der Waals surface area contributed by atoms with Crippen molar-refractivity contribution in [2.24, 2.45) is 5.92 Å². The minimum absolute atomic E-state index is 0.0118. The number of hydrogen-bond donors (Lipinski definition) is 1. The molecule has 0 bridgehead atoms. The molecule has 5 nitrogen and oxygen atoms in total. The van der Waals surface area contributed by atoms with Crippen molar-refractivity contribution in [3.8, 4) is 0 Å². The monoisotopic (exact) mass is 260 g/mol. The van der Waals surface area contributed by atoms with E-state index in [1.807, 2.05) is 18.7 Å². The van der Waals surface area contributed by atoms with Crippen LogP contribution in [0.2, 0.25) is 0 Å². The molecule has 1 unspecified atom stereocenters. The molecule has 0 radical (unpaired) electrons. The van der Waals surface area contributed by atoms with Gasteiger partial charge in [-0.15, -0.1) is 0 Å². The summed E-state index contributed by atoms with van der Waals surface area (Å²) in [4.78, 5) is 13.7. The SMILES string of the molecule is C=CS(=O)(=O)CCN1CCNC(=O)C1C(C)C. The molecule has 1 amide bonds. The molecule has 1 fully saturated rings. The largest absolute Gasteiger partial charge is 0.353 e. The molecule has 1 rings (SSSR count). The first-order chi connectivity index (χ1) is 7.87. The van der Waals surface area contributed by atoms with Gasteiger partial charge in [0, 0.05) is 25.0 Å². The van der Waals surface area contributed by atoms with E-state index in [4.69, 9.17) is 0 Å². The number of hydrogen-bond acceptors (Lipinski definition) is 4. The topological polar surface area (TPSA) is 66.5 Å². The highest BCUT2D eigenvalue weighted by atomic mass is 32.2. The summed E-state index contributed by atoms with van der Waals surface area (Å²) < 4.78 is 22.7. The first-order valence-electron chi connectivity index (χ1n) is 5.74. The number of carbonyl (C=O) groups excluding carboxylic acids is 1. The minimum atomic E-state index is -3.19. The highest BCUT2D eigenvalue weighted by Crippen LogP contribution is 2.14. The zero-order valence-electron chi connectivity index (χ0n) is 10.3. The van der Waals surface area contributed by atoms with Gasteiger partial charge in [0.05, 0.1) is 11.8 Å². The van der Waals surface area contributed by atoms with Gasteiger partial charge in [-0.3, -0.25) is 9.69 Å². The molecule has 0 aromatic carbocycles. The van der Waals surface area contributed by atoms with E-state index in [1.165, 1.54) is 0 Å². The predicted octanol–water partition coefficient (Wildman–Crippen LogP) is 0.00110. The van der Waals surface area contributed by atoms with Gasteiger partial charge in [0.25, 0.3) is 0 Å². The Balaban J connectivity index is 2.67. The van der Waals surface area contributed by atoms with Gasteiger partial charge in [0.1, 0.15) is 0 Å². The predicted molar refractivity (Wildman–Crippen MR) is 67.2 cm³/mol. The molecule has 0 aromatic rings. The summed E-state index contributed by atoms with van der Waals surface area (Å²) in [6, 6.07) is -0.233. The number of sulfone groups is 1. The van der Waals surface area contributed by atoms with Crippen molar-refractivity contribution in [2.75, 3.05) is 25.4 Å². The molecule has 0 aromatic heterocycles. The molecule has 0 spiro atoms. The average Bonchev–Trinajstić information content (AvgIpc) is 2.26. The summed E-state index contributed by atoms with van der Waals surface area (Å²) in [6.07, 6.45) is 0. The normalized spacial score (nSPS) is 22.5. The van der Waals surface area contributed by atoms with E-state index in [9.17, 15) is 13.2 Å². The maximum atomic E-state index is 11.7. The molecule has 0 aliphatic carbocycles. The van der Waals surface area contributed by atoms with Crippen LogP contribution in [-0.4, -0.2) is 50.7 Å². The van der Waals surface area contributed by atoms with E-state index < -0.39 is 9.84 Å². The van der Waals surface area contributed by atoms with E-state index in [1.54, 1.807) is 0 Å². The number of amides is 1. The van der Waals surface area contributed by atoms with Crippen LogP contribution in [0.15, 0.2) is 12.0 Å². The molecule has 1 aliphatic heterocycles. The highest BCUT2D eigenvalue weighted by molar-refractivity contribution is 7.94. The number of piperazine rings is 1. The smallest absolute Gasteiger partial charge is 0.237 e. The van der Waals surface area contributed by atoms with Gasteiger partial charge in [-0.05, 0) is 5.92 Å². The lowest BCUT2D eigenvalue weighted by Crippen LogP contribution is -2.58. The zero-order chi connectivity index (χ0) is 13.1. The second-order valence-electron chi connectivity index (χ2n) is 4.55. The van der Waals surface area contributed by atoms with Crippen molar-refractivity contribution in [3.05, 3.63) is 12.0 Å². The molecule has 1 atom stereocenters. The van der Waals surface area contributed by atoms with Gasteiger partial charge in [-0.2, -0.15) is 0 Å². The highest BCUT2D eigenvalue weighted by Gasteiger charge is 2.32. The van der Waals surface area contributed by atoms with Gasteiger partial charge in [0.2, 0.25) is 5.91 Å². The van der Waals surface area contributed by atoms with Crippen LogP contribution in [-0.2, 0) is 14.6 Å². The molecule has 17 heavy (non-hydrogen) atoms. The van der Waals surface area contributed by atoms with Crippen LogP contribution in [0.3, 0.4) is 0 Å². The number of rotatable bonds is 5. The second-order valence-corrected chi connectivity index (χ2v) is 6.62. The fourth-order valence-corrected chi connectivity index (χ4v) is 2.69. The van der Waals surface area contributed by atoms with Crippen LogP contribution < -0.4 is 5.32 Å². The van der Waals surface area contributed by atoms with Gasteiger partial charge >= 0.3 is 0 Å². The Labute approximate surface area is 103 Å². The maximum Gasteiger partial charge on any atom is 0.237 e. The third-order valence-electron chi connectivity index (χ3n) is 2.91. The van der Waals surface area contributed by atoms with Gasteiger partial charge in [0.15, 0.2) is 9.84 Å². The summed E-state index contributed by atoms with van der Waals surface area (Å²) in [5, 5.41) is 3.78. The molecule has 1 aliphatic rings. The van der Waals surface area contributed by atoms with E-state index in [2.05, 4.69) is 11.9 Å². The lowest BCUT2D eigenvalue weighted by molar-refractivity contribution is -0.130. The molecule has 1 heterocycles. The fraction of sp³-hybridized carbons (Fsp3) is 0.727. The second kappa shape index (κ2) is 5.64. The molecular formula is C11H20N2O3S. The number of nitrogens with one attached hydrogen (secondary N) is 1. The summed E-state index contributed by atoms with van der Waals surface area (Å²) in [5.41, 5.74) is 0. The van der Waals surface area contributed by atoms with Crippen LogP contribution in [0.1, 0.15) is 13.8 Å². The third-order valence-corrected chi connectivity index (χ3v) is 4.17. The number of nitrogens with zero attached hydrogens (tertiary/aromatic N) is 1. The minimum Gasteiger partial charge on any atom is -0.353 e. The lowest BCUT2D eigenvalue weighted by atomic mass is 10.00. The third kappa shape index (κ3) is 3.81. The standard InChI is InChI=1S/C11H20N2O3S/c1-4-17(15,16)8-7-13-6-5-12-11(14)10(13)9(2)3/h4,9-10H,1,5-8H2,2-3H3,(H,12,14). The van der Waals surface area contributed by atoms with Crippen molar-refractivity contribution >= 4 is 15.7 Å². The molecule has 6 heteroatoms. The van der Waals surface area contributed by atoms with Crippen molar-refractivity contribution in [1.29, 1.82) is 0 Å². The Kier molecular flexibility index (Phi) is 4.70. The van der Waals surface area contributed by atoms with Crippen LogP contribution in [0.25, 0.3) is 0 Å². The maximum absolute atomic E-state index is 11.7. The van der Waals surface area contributed by atoms with Crippen LogP contribution in [0, 0.1) is 5.92 Å². The lowest BCUT2D eigenvalue weighted by Gasteiger charge is -2.37. The molecule has 1 saturated heterocycles. The Morgan fingerprint density at radius 2 is 2.24 bits per heavy atom. The molecule has 1 N–H and O–H groups in total. The first kappa shape index (κ1) is 14.2. The quantitative estimate of drug-likeness (QED) is 0.755. The summed E-state index contributed by atoms with van der Waals surface area (Å²) in [7, 11) is -3.19. The van der Waals surface area contributed by atoms with E-state index in [0.717, 1.165) is 5.41 Å². The van der Waals surface area contributed by atoms with Gasteiger partial charge in [-0.25, -0.2) is 8.42 Å². The van der Waals surface area contributed by atoms with Crippen LogP contribution >= 0.6 is 0 Å². The molecule has 98 valence electrons. The van der Waals surface area contributed by atoms with Crippen LogP contribution in [0.5, 0.6) is 0 Å². The van der Waals surface area contributed by atoms with Crippen molar-refractivity contribution in [2.45, 2.75) is 19.9 Å². The average molecular weight is 260 g/mol. The van der Waals surface area contributed by atoms with Crippen molar-refractivity contribution < 1.29 is 13.2 Å². The van der Waals surface area contributed by atoms with E-state index in [0.29, 0.717) is 19.6 Å².